The van der Waals surface area contributed by atoms with Crippen molar-refractivity contribution in [3.8, 4) is 11.1 Å². The molecule has 0 heterocycles. The molecule has 2 aromatic rings. The first-order valence-electron chi connectivity index (χ1n) is 9.29. The fraction of sp³-hybridized carbons (Fsp3) is 0.455. The average molecular weight is 395 g/mol. The minimum absolute atomic E-state index is 0.655. The monoisotopic (exact) mass is 394 g/mol. The van der Waals surface area contributed by atoms with Gasteiger partial charge in [0.05, 0.1) is 13.2 Å². The lowest BCUT2D eigenvalue weighted by Gasteiger charge is -2.08. The molecule has 0 radical (unpaired) electrons. The van der Waals surface area contributed by atoms with Crippen LogP contribution in [0.2, 0.25) is 0 Å². The second kappa shape index (κ2) is 13.2. The first kappa shape index (κ1) is 21.2. The molecule has 142 valence electrons. The molecular weight excluding hydrogens is 367 g/mol. The molecule has 26 heavy (non-hydrogen) atoms. The van der Waals surface area contributed by atoms with Gasteiger partial charge in [0.25, 0.3) is 0 Å². The van der Waals surface area contributed by atoms with E-state index in [2.05, 4.69) is 48.5 Å². The van der Waals surface area contributed by atoms with Gasteiger partial charge in [0.15, 0.2) is 0 Å². The molecule has 0 fully saturated rings. The van der Waals surface area contributed by atoms with E-state index in [9.17, 15) is 0 Å². The van der Waals surface area contributed by atoms with Crippen molar-refractivity contribution >= 4 is 23.2 Å². The maximum absolute atomic E-state index is 5.67. The van der Waals surface area contributed by atoms with E-state index in [0.29, 0.717) is 25.0 Å². The molecule has 0 aromatic heterocycles. The van der Waals surface area contributed by atoms with Crippen molar-refractivity contribution in [1.82, 2.24) is 0 Å². The summed E-state index contributed by atoms with van der Waals surface area (Å²) in [5.74, 6) is 1.41. The number of halogens is 2. The van der Waals surface area contributed by atoms with Gasteiger partial charge >= 0.3 is 0 Å². The Morgan fingerprint density at radius 1 is 0.538 bits per heavy atom. The van der Waals surface area contributed by atoms with Gasteiger partial charge in [-0.1, -0.05) is 48.5 Å². The Morgan fingerprint density at radius 2 is 0.923 bits per heavy atom. The summed E-state index contributed by atoms with van der Waals surface area (Å²) in [7, 11) is 0. The van der Waals surface area contributed by atoms with Crippen LogP contribution in [-0.2, 0) is 22.7 Å². The molecule has 0 unspecified atom stereocenters. The van der Waals surface area contributed by atoms with Crippen LogP contribution < -0.4 is 0 Å². The Kier molecular flexibility index (Phi) is 10.8. The van der Waals surface area contributed by atoms with Crippen LogP contribution in [0.3, 0.4) is 0 Å². The molecule has 0 spiro atoms. The lowest BCUT2D eigenvalue weighted by Crippen LogP contribution is -1.96. The van der Waals surface area contributed by atoms with Crippen LogP contribution in [0, 0.1) is 0 Å². The van der Waals surface area contributed by atoms with E-state index in [-0.39, 0.29) is 0 Å². The normalized spacial score (nSPS) is 11.0. The van der Waals surface area contributed by atoms with E-state index >= 15 is 0 Å². The second-order valence-corrected chi connectivity index (χ2v) is 7.05. The van der Waals surface area contributed by atoms with E-state index in [0.717, 1.165) is 38.9 Å². The van der Waals surface area contributed by atoms with Gasteiger partial charge in [0, 0.05) is 25.0 Å². The van der Waals surface area contributed by atoms with Gasteiger partial charge in [0.1, 0.15) is 0 Å². The van der Waals surface area contributed by atoms with E-state index in [1.54, 1.807) is 0 Å². The molecule has 0 N–H and O–H groups in total. The van der Waals surface area contributed by atoms with Crippen molar-refractivity contribution in [1.29, 1.82) is 0 Å². The van der Waals surface area contributed by atoms with Gasteiger partial charge in [-0.15, -0.1) is 23.2 Å². The summed E-state index contributed by atoms with van der Waals surface area (Å²) in [6, 6.07) is 17.1. The zero-order valence-corrected chi connectivity index (χ0v) is 16.8. The Morgan fingerprint density at radius 3 is 1.27 bits per heavy atom. The third-order valence-electron chi connectivity index (χ3n) is 4.12. The van der Waals surface area contributed by atoms with Crippen molar-refractivity contribution < 1.29 is 9.47 Å². The Balaban J connectivity index is 1.77. The van der Waals surface area contributed by atoms with E-state index < -0.39 is 0 Å². The highest BCUT2D eigenvalue weighted by Crippen LogP contribution is 2.21. The summed E-state index contributed by atoms with van der Waals surface area (Å²) >= 11 is 11.3. The average Bonchev–Trinajstić information content (AvgIpc) is 2.69. The summed E-state index contributed by atoms with van der Waals surface area (Å²) in [5.41, 5.74) is 4.82. The highest BCUT2D eigenvalue weighted by molar-refractivity contribution is 6.18. The molecule has 0 bridgehead atoms. The van der Waals surface area contributed by atoms with Gasteiger partial charge < -0.3 is 9.47 Å². The van der Waals surface area contributed by atoms with Crippen molar-refractivity contribution in [3.05, 3.63) is 59.7 Å². The highest BCUT2D eigenvalue weighted by atomic mass is 35.5. The third kappa shape index (κ3) is 8.09. The summed E-state index contributed by atoms with van der Waals surface area (Å²) in [6.07, 6.45) is 4.05. The predicted molar refractivity (Wildman–Crippen MR) is 111 cm³/mol. The van der Waals surface area contributed by atoms with Crippen molar-refractivity contribution in [2.75, 3.05) is 25.0 Å². The minimum Gasteiger partial charge on any atom is -0.377 e. The van der Waals surface area contributed by atoms with Gasteiger partial charge in [-0.3, -0.25) is 0 Å². The molecule has 0 aliphatic heterocycles. The van der Waals surface area contributed by atoms with Crippen molar-refractivity contribution in [2.24, 2.45) is 0 Å². The fourth-order valence-electron chi connectivity index (χ4n) is 2.56. The summed E-state index contributed by atoms with van der Waals surface area (Å²) in [4.78, 5) is 0. The molecule has 0 atom stereocenters. The van der Waals surface area contributed by atoms with Crippen LogP contribution in [0.4, 0.5) is 0 Å². The van der Waals surface area contributed by atoms with Crippen LogP contribution in [-0.4, -0.2) is 25.0 Å². The number of ether oxygens (including phenoxy) is 2. The zero-order valence-electron chi connectivity index (χ0n) is 15.3. The van der Waals surface area contributed by atoms with E-state index in [4.69, 9.17) is 32.7 Å². The minimum atomic E-state index is 0.655. The largest absolute Gasteiger partial charge is 0.377 e. The molecule has 0 aliphatic carbocycles. The second-order valence-electron chi connectivity index (χ2n) is 6.29. The molecule has 2 nitrogen and oxygen atoms in total. The van der Waals surface area contributed by atoms with Crippen molar-refractivity contribution in [2.45, 2.75) is 38.9 Å². The maximum Gasteiger partial charge on any atom is 0.0716 e. The number of unbranched alkanes of at least 4 members (excludes halogenated alkanes) is 2. The van der Waals surface area contributed by atoms with E-state index in [1.807, 2.05) is 0 Å². The van der Waals surface area contributed by atoms with Crippen LogP contribution in [0.5, 0.6) is 0 Å². The maximum atomic E-state index is 5.67. The molecule has 0 aliphatic rings. The Hall–Kier alpha value is -1.06. The van der Waals surface area contributed by atoms with Gasteiger partial charge in [0.2, 0.25) is 0 Å². The number of hydrogen-bond donors (Lipinski definition) is 0. The van der Waals surface area contributed by atoms with Crippen LogP contribution in [0.25, 0.3) is 11.1 Å². The number of rotatable bonds is 13. The Bertz CT molecular complexity index is 541. The summed E-state index contributed by atoms with van der Waals surface area (Å²) in [6.45, 7) is 2.85. The first-order chi connectivity index (χ1) is 12.8. The van der Waals surface area contributed by atoms with Crippen LogP contribution >= 0.6 is 23.2 Å². The first-order valence-corrected chi connectivity index (χ1v) is 10.4. The quantitative estimate of drug-likeness (QED) is 0.288. The summed E-state index contributed by atoms with van der Waals surface area (Å²) < 4.78 is 11.3. The molecule has 2 aromatic carbocycles. The lowest BCUT2D eigenvalue weighted by molar-refractivity contribution is 0.118. The molecule has 2 rings (SSSR count). The van der Waals surface area contributed by atoms with Crippen LogP contribution in [0.1, 0.15) is 36.8 Å². The molecule has 4 heteroatoms. The molecule has 0 amide bonds. The number of hydrogen-bond acceptors (Lipinski definition) is 2. The topological polar surface area (TPSA) is 18.5 Å². The van der Waals surface area contributed by atoms with Gasteiger partial charge in [-0.2, -0.15) is 0 Å². The smallest absolute Gasteiger partial charge is 0.0716 e. The number of benzene rings is 2. The molecule has 0 saturated carbocycles. The SMILES string of the molecule is ClCCCCOCc1ccc(-c2ccc(COCCCCCl)cc2)cc1. The van der Waals surface area contributed by atoms with E-state index in [1.165, 1.54) is 22.3 Å². The molecule has 0 saturated heterocycles. The third-order valence-corrected chi connectivity index (χ3v) is 4.66. The van der Waals surface area contributed by atoms with Gasteiger partial charge in [-0.05, 0) is 47.9 Å². The van der Waals surface area contributed by atoms with Crippen LogP contribution in [0.15, 0.2) is 48.5 Å². The zero-order chi connectivity index (χ0) is 18.5. The lowest BCUT2D eigenvalue weighted by atomic mass is 10.0. The standard InChI is InChI=1S/C22H28Cl2O2/c23-13-1-3-15-25-17-19-5-9-21(10-6-19)22-11-7-20(8-12-22)18-26-16-4-2-14-24/h5-12H,1-4,13-18H2. The summed E-state index contributed by atoms with van der Waals surface area (Å²) in [5, 5.41) is 0. The fourth-order valence-corrected chi connectivity index (χ4v) is 2.94. The predicted octanol–water partition coefficient (Wildman–Crippen LogP) is 6.42. The van der Waals surface area contributed by atoms with Gasteiger partial charge in [-0.25, -0.2) is 0 Å². The van der Waals surface area contributed by atoms with Crippen molar-refractivity contribution in [3.63, 3.8) is 0 Å². The highest BCUT2D eigenvalue weighted by Gasteiger charge is 2.00. The Labute approximate surface area is 167 Å². The molecular formula is C22H28Cl2O2. The number of alkyl halides is 2.